The molecule has 0 aliphatic rings. The van der Waals surface area contributed by atoms with Crippen molar-refractivity contribution in [3.63, 3.8) is 0 Å². The van der Waals surface area contributed by atoms with Gasteiger partial charge in [0.1, 0.15) is 0 Å². The lowest BCUT2D eigenvalue weighted by Gasteiger charge is -1.96. The average molecular weight is 254 g/mol. The second-order valence-corrected chi connectivity index (χ2v) is 3.50. The van der Waals surface area contributed by atoms with Crippen molar-refractivity contribution < 1.29 is 4.42 Å². The second-order valence-electron chi connectivity index (χ2n) is 2.64. The first-order valence-corrected chi connectivity index (χ1v) is 4.86. The number of anilines is 1. The molecule has 0 saturated heterocycles. The summed E-state index contributed by atoms with van der Waals surface area (Å²) in [5.74, 6) is 0.502. The maximum Gasteiger partial charge on any atom is 0.315 e. The highest BCUT2D eigenvalue weighted by molar-refractivity contribution is 9.10. The van der Waals surface area contributed by atoms with Gasteiger partial charge < -0.3 is 9.73 Å². The lowest BCUT2D eigenvalue weighted by Crippen LogP contribution is -1.85. The molecule has 2 rings (SSSR count). The Bertz CT molecular complexity index is 441. The largest absolute Gasteiger partial charge is 0.403 e. The van der Waals surface area contributed by atoms with E-state index in [1.165, 1.54) is 0 Å². The maximum absolute atomic E-state index is 5.34. The van der Waals surface area contributed by atoms with Gasteiger partial charge in [0.2, 0.25) is 0 Å². The van der Waals surface area contributed by atoms with Crippen LogP contribution in [-0.2, 0) is 0 Å². The number of nitrogens with zero attached hydrogens (tertiary/aromatic N) is 2. The summed E-state index contributed by atoms with van der Waals surface area (Å²) in [5, 5.41) is 10.5. The molecule has 0 atom stereocenters. The smallest absolute Gasteiger partial charge is 0.315 e. The van der Waals surface area contributed by atoms with Crippen molar-refractivity contribution in [2.45, 2.75) is 0 Å². The zero-order valence-corrected chi connectivity index (χ0v) is 9.08. The lowest BCUT2D eigenvalue weighted by molar-refractivity contribution is 0.585. The molecule has 4 nitrogen and oxygen atoms in total. The quantitative estimate of drug-likeness (QED) is 0.894. The molecule has 5 heteroatoms. The van der Waals surface area contributed by atoms with Gasteiger partial charge in [0.25, 0.3) is 5.89 Å². The molecule has 72 valence electrons. The summed E-state index contributed by atoms with van der Waals surface area (Å²) >= 11 is 3.42. The molecule has 0 unspecified atom stereocenters. The van der Waals surface area contributed by atoms with E-state index in [9.17, 15) is 0 Å². The number of halogens is 1. The molecular weight excluding hydrogens is 246 g/mol. The molecule has 0 saturated carbocycles. The van der Waals surface area contributed by atoms with Gasteiger partial charge >= 0.3 is 6.01 Å². The van der Waals surface area contributed by atoms with Gasteiger partial charge in [-0.05, 0) is 28.1 Å². The van der Waals surface area contributed by atoms with E-state index in [0.717, 1.165) is 10.0 Å². The third-order valence-electron chi connectivity index (χ3n) is 1.74. The van der Waals surface area contributed by atoms with Gasteiger partial charge in [-0.2, -0.15) is 0 Å². The van der Waals surface area contributed by atoms with Crippen LogP contribution < -0.4 is 5.32 Å². The van der Waals surface area contributed by atoms with Crippen molar-refractivity contribution in [1.82, 2.24) is 10.2 Å². The predicted molar refractivity (Wildman–Crippen MR) is 57.0 cm³/mol. The Balaban J connectivity index is 2.44. The number of aromatic nitrogens is 2. The first-order valence-electron chi connectivity index (χ1n) is 4.07. The Morgan fingerprint density at radius 3 is 2.71 bits per heavy atom. The van der Waals surface area contributed by atoms with Crippen LogP contribution in [-0.4, -0.2) is 17.2 Å². The molecule has 0 spiro atoms. The van der Waals surface area contributed by atoms with E-state index >= 15 is 0 Å². The van der Waals surface area contributed by atoms with Gasteiger partial charge in [-0.1, -0.05) is 17.2 Å². The summed E-state index contributed by atoms with van der Waals surface area (Å²) in [5.41, 5.74) is 0.890. The molecule has 1 heterocycles. The molecular formula is C9H8BrN3O. The Hall–Kier alpha value is -1.36. The van der Waals surface area contributed by atoms with E-state index in [0.29, 0.717) is 11.9 Å². The van der Waals surface area contributed by atoms with Crippen LogP contribution in [0.4, 0.5) is 6.01 Å². The molecule has 0 bridgehead atoms. The summed E-state index contributed by atoms with van der Waals surface area (Å²) < 4.78 is 6.27. The van der Waals surface area contributed by atoms with Crippen molar-refractivity contribution >= 4 is 21.9 Å². The van der Waals surface area contributed by atoms with Gasteiger partial charge in [-0.3, -0.25) is 0 Å². The average Bonchev–Trinajstić information content (AvgIpc) is 2.67. The Morgan fingerprint density at radius 2 is 2.07 bits per heavy atom. The highest BCUT2D eigenvalue weighted by Gasteiger charge is 2.09. The molecule has 0 radical (unpaired) electrons. The summed E-state index contributed by atoms with van der Waals surface area (Å²) in [7, 11) is 1.73. The van der Waals surface area contributed by atoms with Crippen LogP contribution in [0.3, 0.4) is 0 Å². The zero-order valence-electron chi connectivity index (χ0n) is 7.49. The van der Waals surface area contributed by atoms with Crippen LogP contribution >= 0.6 is 15.9 Å². The number of hydrogen-bond acceptors (Lipinski definition) is 4. The summed E-state index contributed by atoms with van der Waals surface area (Å²) in [6.07, 6.45) is 0. The standard InChI is InChI=1S/C9H8BrN3O/c1-11-9-13-12-8(14-9)6-4-2-3-5-7(6)10/h2-5H,1H3,(H,11,13). The van der Waals surface area contributed by atoms with Crippen molar-refractivity contribution in [2.75, 3.05) is 12.4 Å². The molecule has 0 fully saturated rings. The Kier molecular flexibility index (Phi) is 2.49. The minimum atomic E-state index is 0.413. The van der Waals surface area contributed by atoms with Crippen LogP contribution in [0.5, 0.6) is 0 Å². The van der Waals surface area contributed by atoms with Crippen LogP contribution in [0.2, 0.25) is 0 Å². The highest BCUT2D eigenvalue weighted by atomic mass is 79.9. The topological polar surface area (TPSA) is 51.0 Å². The molecule has 1 aromatic heterocycles. The molecule has 1 N–H and O–H groups in total. The predicted octanol–water partition coefficient (Wildman–Crippen LogP) is 2.54. The Morgan fingerprint density at radius 1 is 1.29 bits per heavy atom. The van der Waals surface area contributed by atoms with E-state index in [4.69, 9.17) is 4.42 Å². The minimum Gasteiger partial charge on any atom is -0.403 e. The first-order chi connectivity index (χ1) is 6.81. The number of benzene rings is 1. The van der Waals surface area contributed by atoms with E-state index < -0.39 is 0 Å². The van der Waals surface area contributed by atoms with Crippen LogP contribution in [0, 0.1) is 0 Å². The van der Waals surface area contributed by atoms with Crippen molar-refractivity contribution in [2.24, 2.45) is 0 Å². The van der Waals surface area contributed by atoms with Gasteiger partial charge in [0, 0.05) is 11.5 Å². The molecule has 0 aliphatic heterocycles. The fourth-order valence-corrected chi connectivity index (χ4v) is 1.52. The van der Waals surface area contributed by atoms with E-state index in [1.54, 1.807) is 7.05 Å². The van der Waals surface area contributed by atoms with Crippen molar-refractivity contribution in [3.8, 4) is 11.5 Å². The second kappa shape index (κ2) is 3.79. The van der Waals surface area contributed by atoms with Gasteiger partial charge in [0.05, 0.1) is 5.56 Å². The van der Waals surface area contributed by atoms with Gasteiger partial charge in [0.15, 0.2) is 0 Å². The van der Waals surface area contributed by atoms with Crippen LogP contribution in [0.25, 0.3) is 11.5 Å². The summed E-state index contributed by atoms with van der Waals surface area (Å²) in [6, 6.07) is 8.11. The number of rotatable bonds is 2. The third kappa shape index (κ3) is 1.63. The fourth-order valence-electron chi connectivity index (χ4n) is 1.07. The molecule has 14 heavy (non-hydrogen) atoms. The molecule has 0 amide bonds. The first kappa shape index (κ1) is 9.21. The number of nitrogens with one attached hydrogen (secondary N) is 1. The molecule has 1 aromatic carbocycles. The third-order valence-corrected chi connectivity index (χ3v) is 2.43. The van der Waals surface area contributed by atoms with E-state index in [-0.39, 0.29) is 0 Å². The monoisotopic (exact) mass is 253 g/mol. The normalized spacial score (nSPS) is 10.1. The zero-order chi connectivity index (χ0) is 9.97. The minimum absolute atomic E-state index is 0.413. The van der Waals surface area contributed by atoms with Crippen molar-refractivity contribution in [1.29, 1.82) is 0 Å². The van der Waals surface area contributed by atoms with Crippen LogP contribution in [0.1, 0.15) is 0 Å². The summed E-state index contributed by atoms with van der Waals surface area (Å²) in [6.45, 7) is 0. The van der Waals surface area contributed by atoms with E-state index in [1.807, 2.05) is 24.3 Å². The van der Waals surface area contributed by atoms with E-state index in [2.05, 4.69) is 31.4 Å². The SMILES string of the molecule is CNc1nnc(-c2ccccc2Br)o1. The Labute approximate surface area is 89.5 Å². The number of hydrogen-bond donors (Lipinski definition) is 1. The fraction of sp³-hybridized carbons (Fsp3) is 0.111. The van der Waals surface area contributed by atoms with Crippen molar-refractivity contribution in [3.05, 3.63) is 28.7 Å². The molecule has 0 aliphatic carbocycles. The lowest BCUT2D eigenvalue weighted by atomic mass is 10.2. The van der Waals surface area contributed by atoms with Gasteiger partial charge in [-0.15, -0.1) is 5.10 Å². The van der Waals surface area contributed by atoms with Gasteiger partial charge in [-0.25, -0.2) is 0 Å². The molecule has 2 aromatic rings. The van der Waals surface area contributed by atoms with Crippen LogP contribution in [0.15, 0.2) is 33.2 Å². The highest BCUT2D eigenvalue weighted by Crippen LogP contribution is 2.27. The maximum atomic E-state index is 5.34. The summed E-state index contributed by atoms with van der Waals surface area (Å²) in [4.78, 5) is 0.